The molecule has 0 aliphatic heterocycles. The van der Waals surface area contributed by atoms with Gasteiger partial charge in [0.05, 0.1) is 0 Å². The summed E-state index contributed by atoms with van der Waals surface area (Å²) in [7, 11) is -4.64. The van der Waals surface area contributed by atoms with Crippen molar-refractivity contribution in [1.29, 1.82) is 0 Å². The van der Waals surface area contributed by atoms with Crippen LogP contribution in [0.25, 0.3) is 0 Å². The SMILES string of the molecule is O=P(O)(O)O.[C+4].[Li+]. The summed E-state index contributed by atoms with van der Waals surface area (Å²) in [5.74, 6) is 0. The Kier molecular flexibility index (Phi) is 10.9. The predicted molar refractivity (Wildman–Crippen MR) is 17.5 cm³/mol. The number of phosphoric acid groups is 1. The summed E-state index contributed by atoms with van der Waals surface area (Å²) in [6.07, 6.45) is 0. The Morgan fingerprint density at radius 2 is 1.14 bits per heavy atom. The third kappa shape index (κ3) is 297. The minimum Gasteiger partial charge on any atom is -0.303 e. The maximum absolute atomic E-state index is 8.88. The number of hydrogen-bond acceptors (Lipinski definition) is 1. The van der Waals surface area contributed by atoms with Crippen LogP contribution in [-0.4, -0.2) is 14.7 Å². The molecule has 0 aromatic heterocycles. The molecular weight excluding hydrogens is 114 g/mol. The van der Waals surface area contributed by atoms with E-state index in [1.165, 1.54) is 0 Å². The van der Waals surface area contributed by atoms with E-state index < -0.39 is 7.82 Å². The smallest absolute Gasteiger partial charge is 0.303 e. The van der Waals surface area contributed by atoms with Crippen LogP contribution in [0.4, 0.5) is 0 Å². The monoisotopic (exact) mass is 117 g/mol. The van der Waals surface area contributed by atoms with E-state index in [-0.39, 0.29) is 26.3 Å². The molecule has 0 rings (SSSR count). The molecule has 0 aromatic rings. The quantitative estimate of drug-likeness (QED) is 0.224. The average molecular weight is 117 g/mol. The Balaban J connectivity index is -0.0000000800. The molecule has 0 saturated carbocycles. The maximum atomic E-state index is 8.88. The second kappa shape index (κ2) is 4.86. The third-order valence-corrected chi connectivity index (χ3v) is 0. The third-order valence-electron chi connectivity index (χ3n) is 0. The van der Waals surface area contributed by atoms with Gasteiger partial charge in [0.15, 0.2) is 0 Å². The standard InChI is InChI=1S/C.Li.H3O4P/c;;1-5(2,3)4/h;;(H3,1,2,3,4)/q+4;+1;. The van der Waals surface area contributed by atoms with E-state index >= 15 is 0 Å². The van der Waals surface area contributed by atoms with Crippen molar-refractivity contribution in [2.45, 2.75) is 0 Å². The van der Waals surface area contributed by atoms with Crippen LogP contribution in [0.2, 0.25) is 0 Å². The summed E-state index contributed by atoms with van der Waals surface area (Å²) in [6, 6.07) is 0. The van der Waals surface area contributed by atoms with Crippen molar-refractivity contribution in [3.05, 3.63) is 7.43 Å². The molecule has 0 spiro atoms. The van der Waals surface area contributed by atoms with Crippen LogP contribution in [0.15, 0.2) is 0 Å². The molecule has 0 radical (unpaired) electrons. The molecule has 6 heteroatoms. The summed E-state index contributed by atoms with van der Waals surface area (Å²) >= 11 is 0. The van der Waals surface area contributed by atoms with Gasteiger partial charge in [-0.2, -0.15) is 0 Å². The molecule has 0 atom stereocenters. The molecular formula is CH3LiO4P+5. The van der Waals surface area contributed by atoms with Crippen LogP contribution in [0.1, 0.15) is 0 Å². The van der Waals surface area contributed by atoms with Crippen molar-refractivity contribution >= 4 is 7.82 Å². The Morgan fingerprint density at radius 3 is 1.14 bits per heavy atom. The predicted octanol–water partition coefficient (Wildman–Crippen LogP) is -3.84. The first-order chi connectivity index (χ1) is 2.00. The molecule has 4 nitrogen and oxygen atoms in total. The normalized spacial score (nSPS) is 8.43. The van der Waals surface area contributed by atoms with Crippen molar-refractivity contribution < 1.29 is 38.1 Å². The summed E-state index contributed by atoms with van der Waals surface area (Å²) in [5.41, 5.74) is 0. The van der Waals surface area contributed by atoms with Gasteiger partial charge in [0.25, 0.3) is 0 Å². The van der Waals surface area contributed by atoms with Crippen LogP contribution < -0.4 is 18.9 Å². The van der Waals surface area contributed by atoms with Gasteiger partial charge in [-0.25, -0.2) is 4.57 Å². The first-order valence-electron chi connectivity index (χ1n) is 0.783. The largest absolute Gasteiger partial charge is 4.00 e. The Hall–Kier alpha value is 0.707. The fourth-order valence-corrected chi connectivity index (χ4v) is 0. The van der Waals surface area contributed by atoms with E-state index in [1.807, 2.05) is 0 Å². The van der Waals surface area contributed by atoms with Crippen molar-refractivity contribution in [2.24, 2.45) is 0 Å². The van der Waals surface area contributed by atoms with E-state index in [0.29, 0.717) is 0 Å². The summed E-state index contributed by atoms with van der Waals surface area (Å²) in [6.45, 7) is 0. The van der Waals surface area contributed by atoms with Crippen molar-refractivity contribution in [3.63, 3.8) is 0 Å². The van der Waals surface area contributed by atoms with Crippen LogP contribution in [-0.2, 0) is 4.57 Å². The van der Waals surface area contributed by atoms with Gasteiger partial charge in [-0.1, -0.05) is 0 Å². The number of hydrogen-bond donors (Lipinski definition) is 3. The molecule has 0 saturated heterocycles. The van der Waals surface area contributed by atoms with Gasteiger partial charge < -0.3 is 14.7 Å². The minimum atomic E-state index is -4.64. The molecule has 0 heterocycles. The summed E-state index contributed by atoms with van der Waals surface area (Å²) in [5, 5.41) is 0. The van der Waals surface area contributed by atoms with E-state index in [4.69, 9.17) is 19.2 Å². The average Bonchev–Trinajstić information content (AvgIpc) is 0.722. The molecule has 0 unspecified atom stereocenters. The molecule has 0 fully saturated rings. The van der Waals surface area contributed by atoms with Gasteiger partial charge >= 0.3 is 34.1 Å². The van der Waals surface area contributed by atoms with E-state index in [1.54, 1.807) is 0 Å². The van der Waals surface area contributed by atoms with Gasteiger partial charge in [0, 0.05) is 0 Å². The number of rotatable bonds is 0. The van der Waals surface area contributed by atoms with Crippen molar-refractivity contribution in [3.8, 4) is 0 Å². The fraction of sp³-hybridized carbons (Fsp3) is 0. The first kappa shape index (κ1) is 15.6. The Bertz CT molecular complexity index is 57.8. The second-order valence-electron chi connectivity index (χ2n) is 0.513. The van der Waals surface area contributed by atoms with Crippen molar-refractivity contribution in [1.82, 2.24) is 0 Å². The summed E-state index contributed by atoms with van der Waals surface area (Å²) < 4.78 is 8.88. The molecule has 0 bridgehead atoms. The van der Waals surface area contributed by atoms with Gasteiger partial charge in [-0.05, 0) is 0 Å². The molecule has 7 heavy (non-hydrogen) atoms. The zero-order valence-electron chi connectivity index (χ0n) is 3.70. The first-order valence-corrected chi connectivity index (χ1v) is 2.35. The zero-order valence-corrected chi connectivity index (χ0v) is 4.59. The van der Waals surface area contributed by atoms with Crippen molar-refractivity contribution in [2.75, 3.05) is 0 Å². The van der Waals surface area contributed by atoms with Crippen LogP contribution in [0.3, 0.4) is 0 Å². The van der Waals surface area contributed by atoms with Crippen LogP contribution >= 0.6 is 7.82 Å². The minimum absolute atomic E-state index is 0. The van der Waals surface area contributed by atoms with E-state index in [9.17, 15) is 0 Å². The van der Waals surface area contributed by atoms with E-state index in [2.05, 4.69) is 0 Å². The maximum Gasteiger partial charge on any atom is 4.00 e. The van der Waals surface area contributed by atoms with Crippen LogP contribution in [0.5, 0.6) is 0 Å². The Morgan fingerprint density at radius 1 is 1.14 bits per heavy atom. The van der Waals surface area contributed by atoms with Gasteiger partial charge in [-0.15, -0.1) is 0 Å². The Labute approximate surface area is 54.0 Å². The second-order valence-corrected chi connectivity index (χ2v) is 1.54. The molecule has 0 aromatic carbocycles. The fourth-order valence-electron chi connectivity index (χ4n) is 0. The topological polar surface area (TPSA) is 77.8 Å². The zero-order chi connectivity index (χ0) is 4.50. The van der Waals surface area contributed by atoms with Gasteiger partial charge in [-0.3, -0.25) is 0 Å². The molecule has 3 N–H and O–H groups in total. The summed E-state index contributed by atoms with van der Waals surface area (Å²) in [4.78, 5) is 21.6. The molecule has 0 aliphatic carbocycles. The van der Waals surface area contributed by atoms with Gasteiger partial charge in [0.1, 0.15) is 0 Å². The van der Waals surface area contributed by atoms with E-state index in [0.717, 1.165) is 0 Å². The van der Waals surface area contributed by atoms with Crippen LogP contribution in [0, 0.1) is 7.43 Å². The molecule has 0 amide bonds. The molecule has 0 aliphatic rings. The van der Waals surface area contributed by atoms with Gasteiger partial charge in [0.2, 0.25) is 0 Å². The molecule has 32 valence electrons.